The van der Waals surface area contributed by atoms with Crippen LogP contribution < -0.4 is 5.32 Å². The molecule has 1 saturated heterocycles. The predicted molar refractivity (Wildman–Crippen MR) is 226 cm³/mol. The summed E-state index contributed by atoms with van der Waals surface area (Å²) in [6.45, 7) is 3.60. The summed E-state index contributed by atoms with van der Waals surface area (Å²) >= 11 is 0. The highest BCUT2D eigenvalue weighted by Crippen LogP contribution is 2.23. The molecule has 0 bridgehead atoms. The molecule has 1 rings (SSSR count). The highest BCUT2D eigenvalue weighted by atomic mass is 16.7. The third-order valence-corrected chi connectivity index (χ3v) is 10.8. The zero-order valence-corrected chi connectivity index (χ0v) is 35.3. The molecule has 9 heteroatoms. The first-order chi connectivity index (χ1) is 28.3. The Kier molecular flexibility index (Phi) is 30.5. The van der Waals surface area contributed by atoms with Crippen LogP contribution in [0.5, 0.6) is 0 Å². The highest BCUT2D eigenvalue weighted by molar-refractivity contribution is 5.76. The van der Waals surface area contributed by atoms with Crippen molar-refractivity contribution in [1.29, 1.82) is 0 Å². The zero-order chi connectivity index (χ0) is 43.8. The Morgan fingerprint density at radius 1 is 0.655 bits per heavy atom. The summed E-state index contributed by atoms with van der Waals surface area (Å²) < 4.78 is 44.7. The Morgan fingerprint density at radius 2 is 1.09 bits per heavy atom. The topological polar surface area (TPSA) is 149 Å². The number of unbranched alkanes of at least 4 members (excludes halogenated alkanes) is 24. The summed E-state index contributed by atoms with van der Waals surface area (Å²) in [5, 5.41) is 54.2. The number of aliphatic hydroxyl groups is 5. The van der Waals surface area contributed by atoms with Gasteiger partial charge in [-0.3, -0.25) is 4.79 Å². The largest absolute Gasteiger partial charge is 0.394 e. The van der Waals surface area contributed by atoms with Crippen molar-refractivity contribution >= 4 is 5.91 Å². The molecule has 0 aromatic rings. The van der Waals surface area contributed by atoms with Crippen molar-refractivity contribution < 1.29 is 45.3 Å². The maximum Gasteiger partial charge on any atom is 0.220 e. The number of ether oxygens (including phenoxy) is 2. The van der Waals surface area contributed by atoms with Gasteiger partial charge in [0.1, 0.15) is 24.4 Å². The second kappa shape index (κ2) is 37.2. The number of allylic oxidation sites excluding steroid dienone is 1. The maximum atomic E-state index is 13.0. The van der Waals surface area contributed by atoms with Crippen LogP contribution in [0.3, 0.4) is 0 Å². The molecule has 0 unspecified atom stereocenters. The molecule has 1 aliphatic heterocycles. The van der Waals surface area contributed by atoms with E-state index >= 15 is 0 Å². The van der Waals surface area contributed by atoms with Gasteiger partial charge in [-0.1, -0.05) is 206 Å². The molecule has 0 aliphatic carbocycles. The van der Waals surface area contributed by atoms with E-state index < -0.39 is 62.2 Å². The van der Waals surface area contributed by atoms with Gasteiger partial charge in [-0.05, 0) is 19.3 Å². The molecule has 55 heavy (non-hydrogen) atoms. The minimum Gasteiger partial charge on any atom is -0.394 e. The lowest BCUT2D eigenvalue weighted by Gasteiger charge is -2.40. The summed E-state index contributed by atoms with van der Waals surface area (Å²) in [6.07, 6.45) is 21.7. The van der Waals surface area contributed by atoms with Crippen molar-refractivity contribution in [3.05, 3.63) is 12.2 Å². The molecule has 1 heterocycles. The molecule has 7 atom stereocenters. The van der Waals surface area contributed by atoms with Gasteiger partial charge in [0.15, 0.2) is 6.29 Å². The Labute approximate surface area is 343 Å². The van der Waals surface area contributed by atoms with E-state index in [-0.39, 0.29) is 31.8 Å². The SMILES string of the molecule is [2H]C([2H])(CCCCCCCCC)C([2H])([2H])CCCCCCCCCCC(=O)N[C@@H](CO[C@@H]1O[C@H](CO)[C@@H](O)[C@H](O)[C@H]1O)[C@H](O)/C=C/CCCCCCCCCCCCC. The number of rotatable bonds is 39. The van der Waals surface area contributed by atoms with E-state index in [1.54, 1.807) is 6.08 Å². The van der Waals surface area contributed by atoms with Crippen LogP contribution in [0.4, 0.5) is 0 Å². The second-order valence-corrected chi connectivity index (χ2v) is 16.0. The molecule has 0 aromatic carbocycles. The van der Waals surface area contributed by atoms with Crippen LogP contribution in [0.2, 0.25) is 0 Å². The highest BCUT2D eigenvalue weighted by Gasteiger charge is 2.44. The van der Waals surface area contributed by atoms with E-state index in [0.29, 0.717) is 12.8 Å². The molecular formula is C46H89NO8. The zero-order valence-electron chi connectivity index (χ0n) is 39.3. The first kappa shape index (κ1) is 45.0. The molecule has 0 aromatic heterocycles. The molecule has 0 spiro atoms. The number of amides is 1. The van der Waals surface area contributed by atoms with Gasteiger partial charge in [0.05, 0.1) is 25.4 Å². The summed E-state index contributed by atoms with van der Waals surface area (Å²) in [6, 6.07) is -0.856. The van der Waals surface area contributed by atoms with Crippen LogP contribution in [0.25, 0.3) is 0 Å². The van der Waals surface area contributed by atoms with Gasteiger partial charge in [0.25, 0.3) is 0 Å². The summed E-state index contributed by atoms with van der Waals surface area (Å²) in [7, 11) is 0. The molecule has 1 amide bonds. The molecule has 0 saturated carbocycles. The smallest absolute Gasteiger partial charge is 0.220 e. The normalized spacial score (nSPS) is 22.9. The first-order valence-corrected chi connectivity index (χ1v) is 22.9. The number of nitrogens with one attached hydrogen (secondary N) is 1. The van der Waals surface area contributed by atoms with E-state index in [4.69, 9.17) is 15.0 Å². The molecule has 326 valence electrons. The lowest BCUT2D eigenvalue weighted by molar-refractivity contribution is -0.302. The lowest BCUT2D eigenvalue weighted by Crippen LogP contribution is -2.60. The Hall–Kier alpha value is -1.07. The van der Waals surface area contributed by atoms with Crippen molar-refractivity contribution in [1.82, 2.24) is 5.32 Å². The third kappa shape index (κ3) is 28.1. The Balaban J connectivity index is 2.42. The summed E-state index contributed by atoms with van der Waals surface area (Å²) in [5.41, 5.74) is 0. The second-order valence-electron chi connectivity index (χ2n) is 16.0. The standard InChI is InChI=1S/C46H89NO8/c1-3-5-7-9-11-13-15-17-18-19-20-21-22-24-26-28-30-32-34-36-42(50)47-39(38-54-46-45(53)44(52)43(51)41(37-48)55-46)40(49)35-33-31-29-27-25-23-16-14-12-10-8-6-4-2/h33,35,39-41,43-46,48-49,51-53H,3-32,34,36-38H2,1-2H3,(H,47,50)/b35-33+/t39-,40+,41+,43+,44-,45+,46+/m0/s1/i18D2,19D2. The molecular weight excluding hydrogens is 695 g/mol. The quantitative estimate of drug-likeness (QED) is 0.0267. The van der Waals surface area contributed by atoms with Crippen molar-refractivity contribution in [2.24, 2.45) is 0 Å². The van der Waals surface area contributed by atoms with Crippen molar-refractivity contribution in [2.45, 2.75) is 262 Å². The first-order valence-electron chi connectivity index (χ1n) is 24.9. The number of aliphatic hydroxyl groups excluding tert-OH is 5. The van der Waals surface area contributed by atoms with Crippen molar-refractivity contribution in [3.63, 3.8) is 0 Å². The average molecular weight is 788 g/mol. The van der Waals surface area contributed by atoms with Gasteiger partial charge in [-0.15, -0.1) is 0 Å². The third-order valence-electron chi connectivity index (χ3n) is 10.8. The fraction of sp³-hybridized carbons (Fsp3) is 0.935. The van der Waals surface area contributed by atoms with E-state index in [9.17, 15) is 30.3 Å². The number of carbonyl (C=O) groups excluding carboxylic acids is 1. The van der Waals surface area contributed by atoms with Crippen LogP contribution in [-0.4, -0.2) is 87.5 Å². The Bertz CT molecular complexity index is 1040. The van der Waals surface area contributed by atoms with E-state index in [2.05, 4.69) is 19.2 Å². The maximum absolute atomic E-state index is 13.0. The molecule has 1 aliphatic rings. The van der Waals surface area contributed by atoms with Crippen LogP contribution in [0.15, 0.2) is 12.2 Å². The Morgan fingerprint density at radius 3 is 1.56 bits per heavy atom. The number of carbonyl (C=O) groups is 1. The van der Waals surface area contributed by atoms with Crippen molar-refractivity contribution in [3.8, 4) is 0 Å². The van der Waals surface area contributed by atoms with Gasteiger partial charge in [0.2, 0.25) is 5.91 Å². The van der Waals surface area contributed by atoms with Gasteiger partial charge in [-0.25, -0.2) is 0 Å². The van der Waals surface area contributed by atoms with Crippen molar-refractivity contribution in [2.75, 3.05) is 13.2 Å². The van der Waals surface area contributed by atoms with Crippen LogP contribution in [-0.2, 0) is 14.3 Å². The predicted octanol–water partition coefficient (Wildman–Crippen LogP) is 9.73. The molecule has 1 fully saturated rings. The van der Waals surface area contributed by atoms with E-state index in [0.717, 1.165) is 77.0 Å². The fourth-order valence-corrected chi connectivity index (χ4v) is 7.11. The van der Waals surface area contributed by atoms with Gasteiger partial charge in [-0.2, -0.15) is 0 Å². The van der Waals surface area contributed by atoms with Crippen LogP contribution in [0, 0.1) is 0 Å². The molecule has 0 radical (unpaired) electrons. The van der Waals surface area contributed by atoms with E-state index in [1.807, 2.05) is 6.08 Å². The van der Waals surface area contributed by atoms with Crippen LogP contribution in [0.1, 0.15) is 225 Å². The number of hydrogen-bond donors (Lipinski definition) is 6. The summed E-state index contributed by atoms with van der Waals surface area (Å²) in [5.74, 6) is -0.244. The number of hydrogen-bond acceptors (Lipinski definition) is 8. The van der Waals surface area contributed by atoms with Gasteiger partial charge in [0, 0.05) is 11.9 Å². The summed E-state index contributed by atoms with van der Waals surface area (Å²) in [4.78, 5) is 13.0. The molecule has 9 nitrogen and oxygen atoms in total. The molecule has 6 N–H and O–H groups in total. The lowest BCUT2D eigenvalue weighted by atomic mass is 9.99. The minimum atomic E-state index is -1.82. The monoisotopic (exact) mass is 788 g/mol. The fourth-order valence-electron chi connectivity index (χ4n) is 7.11. The van der Waals surface area contributed by atoms with Gasteiger partial charge < -0.3 is 40.3 Å². The van der Waals surface area contributed by atoms with E-state index in [1.165, 1.54) is 83.5 Å². The minimum absolute atomic E-state index is 0.232. The van der Waals surface area contributed by atoms with Crippen LogP contribution >= 0.6 is 0 Å². The average Bonchev–Trinajstić information content (AvgIpc) is 3.21. The van der Waals surface area contributed by atoms with Gasteiger partial charge >= 0.3 is 0 Å².